The largest absolute Gasteiger partial charge is 0.406 e. The summed E-state index contributed by atoms with van der Waals surface area (Å²) in [6.45, 7) is -0.430. The highest BCUT2D eigenvalue weighted by Crippen LogP contribution is 2.19. The number of carbonyl (C=O) groups is 1. The summed E-state index contributed by atoms with van der Waals surface area (Å²) < 4.78 is 50.8. The molecule has 7 heteroatoms. The molecule has 106 valence electrons. The standard InChI is InChI=1S/C12H14F4N2O/c1-8-3-2-4-9(10(8)13)11(19)18(6-5-17)7-12(14,15)16/h2-4H,5-7,17H2,1H3. The monoisotopic (exact) mass is 278 g/mol. The smallest absolute Gasteiger partial charge is 0.329 e. The van der Waals surface area contributed by atoms with Crippen molar-refractivity contribution in [2.24, 2.45) is 5.73 Å². The molecule has 1 amide bonds. The van der Waals surface area contributed by atoms with E-state index in [1.807, 2.05) is 0 Å². The number of hydrogen-bond acceptors (Lipinski definition) is 2. The Balaban J connectivity index is 3.02. The van der Waals surface area contributed by atoms with Gasteiger partial charge in [0.2, 0.25) is 0 Å². The number of aryl methyl sites for hydroxylation is 1. The van der Waals surface area contributed by atoms with Gasteiger partial charge < -0.3 is 10.6 Å². The number of amides is 1. The Morgan fingerprint density at radius 3 is 2.53 bits per heavy atom. The van der Waals surface area contributed by atoms with Gasteiger partial charge in [0.1, 0.15) is 12.4 Å². The predicted octanol–water partition coefficient (Wildman–Crippen LogP) is 2.10. The van der Waals surface area contributed by atoms with Crippen LogP contribution in [-0.4, -0.2) is 36.6 Å². The molecule has 0 aliphatic rings. The van der Waals surface area contributed by atoms with E-state index >= 15 is 0 Å². The van der Waals surface area contributed by atoms with Crippen LogP contribution < -0.4 is 5.73 Å². The van der Waals surface area contributed by atoms with Crippen LogP contribution in [-0.2, 0) is 0 Å². The van der Waals surface area contributed by atoms with Crippen molar-refractivity contribution in [2.45, 2.75) is 13.1 Å². The normalized spacial score (nSPS) is 11.5. The van der Waals surface area contributed by atoms with E-state index in [-0.39, 0.29) is 24.2 Å². The molecule has 0 aliphatic heterocycles. The third kappa shape index (κ3) is 4.20. The molecule has 0 atom stereocenters. The van der Waals surface area contributed by atoms with Gasteiger partial charge in [-0.3, -0.25) is 4.79 Å². The first-order valence-electron chi connectivity index (χ1n) is 5.57. The Kier molecular flexibility index (Phi) is 4.88. The van der Waals surface area contributed by atoms with E-state index in [2.05, 4.69) is 0 Å². The molecule has 0 unspecified atom stereocenters. The van der Waals surface area contributed by atoms with Crippen molar-refractivity contribution in [1.82, 2.24) is 4.90 Å². The lowest BCUT2D eigenvalue weighted by Gasteiger charge is -2.23. The minimum atomic E-state index is -4.55. The summed E-state index contributed by atoms with van der Waals surface area (Å²) in [6, 6.07) is 4.01. The first-order chi connectivity index (χ1) is 8.76. The van der Waals surface area contributed by atoms with Gasteiger partial charge in [0, 0.05) is 13.1 Å². The van der Waals surface area contributed by atoms with E-state index < -0.39 is 24.4 Å². The topological polar surface area (TPSA) is 46.3 Å². The van der Waals surface area contributed by atoms with E-state index in [1.165, 1.54) is 19.1 Å². The van der Waals surface area contributed by atoms with E-state index in [4.69, 9.17) is 5.73 Å². The van der Waals surface area contributed by atoms with Crippen molar-refractivity contribution in [3.63, 3.8) is 0 Å². The summed E-state index contributed by atoms with van der Waals surface area (Å²) in [4.78, 5) is 12.4. The highest BCUT2D eigenvalue weighted by atomic mass is 19.4. The molecule has 1 aromatic rings. The van der Waals surface area contributed by atoms with Crippen molar-refractivity contribution in [1.29, 1.82) is 0 Å². The zero-order valence-electron chi connectivity index (χ0n) is 10.3. The number of nitrogens with two attached hydrogens (primary N) is 1. The average molecular weight is 278 g/mol. The van der Waals surface area contributed by atoms with Crippen LogP contribution in [0.25, 0.3) is 0 Å². The van der Waals surface area contributed by atoms with E-state index in [9.17, 15) is 22.4 Å². The van der Waals surface area contributed by atoms with Gasteiger partial charge in [-0.2, -0.15) is 13.2 Å². The zero-order valence-corrected chi connectivity index (χ0v) is 10.3. The van der Waals surface area contributed by atoms with Crippen LogP contribution >= 0.6 is 0 Å². The van der Waals surface area contributed by atoms with Crippen LogP contribution in [0.4, 0.5) is 17.6 Å². The molecule has 2 N–H and O–H groups in total. The van der Waals surface area contributed by atoms with Crippen LogP contribution in [0.2, 0.25) is 0 Å². The lowest BCUT2D eigenvalue weighted by atomic mass is 10.1. The second kappa shape index (κ2) is 6.01. The molecule has 19 heavy (non-hydrogen) atoms. The summed E-state index contributed by atoms with van der Waals surface area (Å²) in [6.07, 6.45) is -4.55. The molecule has 0 saturated heterocycles. The lowest BCUT2D eigenvalue weighted by Crippen LogP contribution is -2.42. The maximum Gasteiger partial charge on any atom is 0.406 e. The van der Waals surface area contributed by atoms with Gasteiger partial charge in [0.05, 0.1) is 5.56 Å². The molecule has 0 heterocycles. The van der Waals surface area contributed by atoms with E-state index in [0.717, 1.165) is 6.07 Å². The second-order valence-electron chi connectivity index (χ2n) is 4.07. The number of hydrogen-bond donors (Lipinski definition) is 1. The summed E-state index contributed by atoms with van der Waals surface area (Å²) in [7, 11) is 0. The van der Waals surface area contributed by atoms with Crippen molar-refractivity contribution in [3.05, 3.63) is 35.1 Å². The van der Waals surface area contributed by atoms with Crippen molar-refractivity contribution in [2.75, 3.05) is 19.6 Å². The van der Waals surface area contributed by atoms with Gasteiger partial charge in [-0.25, -0.2) is 4.39 Å². The Bertz CT molecular complexity index is 460. The van der Waals surface area contributed by atoms with Gasteiger partial charge in [-0.1, -0.05) is 12.1 Å². The molecular weight excluding hydrogens is 264 g/mol. The Morgan fingerprint density at radius 1 is 1.37 bits per heavy atom. The summed E-state index contributed by atoms with van der Waals surface area (Å²) in [5, 5.41) is 0. The first kappa shape index (κ1) is 15.4. The molecule has 0 radical (unpaired) electrons. The molecule has 0 spiro atoms. The van der Waals surface area contributed by atoms with E-state index in [1.54, 1.807) is 0 Å². The maximum absolute atomic E-state index is 13.7. The number of benzene rings is 1. The fourth-order valence-corrected chi connectivity index (χ4v) is 1.61. The number of carbonyl (C=O) groups excluding carboxylic acids is 1. The number of alkyl halides is 3. The van der Waals surface area contributed by atoms with Crippen LogP contribution in [0.3, 0.4) is 0 Å². The van der Waals surface area contributed by atoms with Crippen LogP contribution in [0.1, 0.15) is 15.9 Å². The highest BCUT2D eigenvalue weighted by Gasteiger charge is 2.33. The maximum atomic E-state index is 13.7. The van der Waals surface area contributed by atoms with Gasteiger partial charge >= 0.3 is 6.18 Å². The highest BCUT2D eigenvalue weighted by molar-refractivity contribution is 5.94. The van der Waals surface area contributed by atoms with Crippen molar-refractivity contribution < 1.29 is 22.4 Å². The predicted molar refractivity (Wildman–Crippen MR) is 62.1 cm³/mol. The van der Waals surface area contributed by atoms with Crippen LogP contribution in [0.15, 0.2) is 18.2 Å². The molecule has 0 fully saturated rings. The lowest BCUT2D eigenvalue weighted by molar-refractivity contribution is -0.140. The number of nitrogens with zero attached hydrogens (tertiary/aromatic N) is 1. The van der Waals surface area contributed by atoms with Gasteiger partial charge in [0.25, 0.3) is 5.91 Å². The minimum absolute atomic E-state index is 0.130. The average Bonchev–Trinajstić information content (AvgIpc) is 2.30. The molecular formula is C12H14F4N2O. The second-order valence-corrected chi connectivity index (χ2v) is 4.07. The fraction of sp³-hybridized carbons (Fsp3) is 0.417. The van der Waals surface area contributed by atoms with Crippen molar-refractivity contribution >= 4 is 5.91 Å². The van der Waals surface area contributed by atoms with Crippen molar-refractivity contribution in [3.8, 4) is 0 Å². The third-order valence-electron chi connectivity index (χ3n) is 2.48. The fourth-order valence-electron chi connectivity index (χ4n) is 1.61. The quantitative estimate of drug-likeness (QED) is 0.857. The molecule has 0 aromatic heterocycles. The molecule has 1 aromatic carbocycles. The van der Waals surface area contributed by atoms with Gasteiger partial charge in [-0.15, -0.1) is 0 Å². The van der Waals surface area contributed by atoms with Crippen LogP contribution in [0.5, 0.6) is 0 Å². The Morgan fingerprint density at radius 2 is 2.00 bits per heavy atom. The van der Waals surface area contributed by atoms with Gasteiger partial charge in [0.15, 0.2) is 0 Å². The minimum Gasteiger partial charge on any atom is -0.329 e. The Labute approximate surface area is 108 Å². The van der Waals surface area contributed by atoms with E-state index in [0.29, 0.717) is 4.90 Å². The summed E-state index contributed by atoms with van der Waals surface area (Å²) >= 11 is 0. The van der Waals surface area contributed by atoms with Crippen LogP contribution in [0, 0.1) is 12.7 Å². The molecule has 0 aliphatic carbocycles. The summed E-state index contributed by atoms with van der Waals surface area (Å²) in [5.41, 5.74) is 5.00. The third-order valence-corrected chi connectivity index (χ3v) is 2.48. The molecule has 3 nitrogen and oxygen atoms in total. The zero-order chi connectivity index (χ0) is 14.6. The van der Waals surface area contributed by atoms with Gasteiger partial charge in [-0.05, 0) is 18.6 Å². The number of halogens is 4. The first-order valence-corrected chi connectivity index (χ1v) is 5.57. The molecule has 0 saturated carbocycles. The molecule has 1 rings (SSSR count). The summed E-state index contributed by atoms with van der Waals surface area (Å²) in [5.74, 6) is -1.82. The molecule has 0 bridgehead atoms. The number of rotatable bonds is 4. The SMILES string of the molecule is Cc1cccc(C(=O)N(CCN)CC(F)(F)F)c1F. The Hall–Kier alpha value is -1.63.